The first-order valence-corrected chi connectivity index (χ1v) is 8.06. The van der Waals surface area contributed by atoms with Gasteiger partial charge in [-0.05, 0) is 52.6 Å². The summed E-state index contributed by atoms with van der Waals surface area (Å²) in [5.41, 5.74) is 6.72. The molecule has 0 spiro atoms. The normalized spacial score (nSPS) is 12.3. The van der Waals surface area contributed by atoms with Crippen LogP contribution < -0.4 is 5.32 Å². The van der Waals surface area contributed by atoms with Gasteiger partial charge in [0.05, 0.1) is 0 Å². The van der Waals surface area contributed by atoms with Crippen LogP contribution in [0.5, 0.6) is 0 Å². The van der Waals surface area contributed by atoms with Crippen LogP contribution in [0.15, 0.2) is 42.5 Å². The van der Waals surface area contributed by atoms with Gasteiger partial charge in [0.2, 0.25) is 0 Å². The third kappa shape index (κ3) is 3.91. The average molecular weight is 295 g/mol. The second kappa shape index (κ2) is 5.79. The average Bonchev–Trinajstić information content (AvgIpc) is 2.39. The molecule has 2 aromatic carbocycles. The van der Waals surface area contributed by atoms with Crippen molar-refractivity contribution < 1.29 is 0 Å². The Morgan fingerprint density at radius 2 is 1.18 bits per heavy atom. The molecule has 0 amide bonds. The molecule has 0 saturated carbocycles. The van der Waals surface area contributed by atoms with E-state index in [2.05, 4.69) is 96.2 Å². The Bertz CT molecular complexity index is 637. The van der Waals surface area contributed by atoms with Crippen LogP contribution >= 0.6 is 0 Å². The monoisotopic (exact) mass is 295 g/mol. The fourth-order valence-electron chi connectivity index (χ4n) is 2.48. The molecule has 1 N–H and O–H groups in total. The molecule has 1 nitrogen and oxygen atoms in total. The number of benzene rings is 2. The van der Waals surface area contributed by atoms with Gasteiger partial charge in [-0.15, -0.1) is 0 Å². The van der Waals surface area contributed by atoms with Crippen LogP contribution in [-0.2, 0) is 10.8 Å². The van der Waals surface area contributed by atoms with E-state index in [0.29, 0.717) is 0 Å². The van der Waals surface area contributed by atoms with Gasteiger partial charge in [-0.2, -0.15) is 0 Å². The zero-order valence-electron chi connectivity index (χ0n) is 15.0. The summed E-state index contributed by atoms with van der Waals surface area (Å²) in [6.07, 6.45) is 0. The van der Waals surface area contributed by atoms with Crippen molar-refractivity contribution in [1.82, 2.24) is 0 Å². The van der Waals surface area contributed by atoms with E-state index >= 15 is 0 Å². The maximum Gasteiger partial charge on any atom is 0.0414 e. The lowest BCUT2D eigenvalue weighted by Gasteiger charge is -2.21. The van der Waals surface area contributed by atoms with Crippen LogP contribution in [0.1, 0.15) is 58.2 Å². The molecule has 0 aliphatic rings. The molecule has 0 bridgehead atoms. The maximum atomic E-state index is 3.53. The van der Waals surface area contributed by atoms with Gasteiger partial charge in [0.1, 0.15) is 0 Å². The summed E-state index contributed by atoms with van der Waals surface area (Å²) in [5.74, 6) is 0. The molecule has 0 heterocycles. The van der Waals surface area contributed by atoms with Gasteiger partial charge in [0.15, 0.2) is 0 Å². The Balaban J connectivity index is 2.21. The Morgan fingerprint density at radius 1 is 0.682 bits per heavy atom. The first-order valence-electron chi connectivity index (χ1n) is 8.06. The topological polar surface area (TPSA) is 12.0 Å². The molecular formula is C21H29N. The highest BCUT2D eigenvalue weighted by molar-refractivity contribution is 5.64. The predicted molar refractivity (Wildman–Crippen MR) is 98.3 cm³/mol. The molecule has 22 heavy (non-hydrogen) atoms. The quantitative estimate of drug-likeness (QED) is 0.682. The Hall–Kier alpha value is -1.76. The van der Waals surface area contributed by atoms with E-state index in [0.717, 1.165) is 5.69 Å². The SMILES string of the molecule is Cc1cc(C(C)(C)C)ccc1Nc1ccc(C(C)(C)C)cc1. The fourth-order valence-corrected chi connectivity index (χ4v) is 2.48. The lowest BCUT2D eigenvalue weighted by atomic mass is 9.86. The largest absolute Gasteiger partial charge is 0.355 e. The van der Waals surface area contributed by atoms with Crippen molar-refractivity contribution in [2.75, 3.05) is 5.32 Å². The van der Waals surface area contributed by atoms with Crippen molar-refractivity contribution in [3.63, 3.8) is 0 Å². The lowest BCUT2D eigenvalue weighted by molar-refractivity contribution is 0.590. The molecule has 0 saturated heterocycles. The van der Waals surface area contributed by atoms with Crippen LogP contribution in [0.25, 0.3) is 0 Å². The van der Waals surface area contributed by atoms with Crippen molar-refractivity contribution >= 4 is 11.4 Å². The van der Waals surface area contributed by atoms with E-state index in [4.69, 9.17) is 0 Å². The second-order valence-electron chi connectivity index (χ2n) is 8.23. The summed E-state index contributed by atoms with van der Waals surface area (Å²) >= 11 is 0. The number of hydrogen-bond acceptors (Lipinski definition) is 1. The molecular weight excluding hydrogens is 266 g/mol. The minimum atomic E-state index is 0.192. The minimum Gasteiger partial charge on any atom is -0.355 e. The highest BCUT2D eigenvalue weighted by Gasteiger charge is 2.15. The second-order valence-corrected chi connectivity index (χ2v) is 8.23. The number of nitrogens with one attached hydrogen (secondary N) is 1. The third-order valence-corrected chi connectivity index (χ3v) is 4.12. The summed E-state index contributed by atoms with van der Waals surface area (Å²) < 4.78 is 0. The van der Waals surface area contributed by atoms with E-state index < -0.39 is 0 Å². The fraction of sp³-hybridized carbons (Fsp3) is 0.429. The van der Waals surface area contributed by atoms with Crippen molar-refractivity contribution in [2.24, 2.45) is 0 Å². The molecule has 0 atom stereocenters. The summed E-state index contributed by atoms with van der Waals surface area (Å²) in [6.45, 7) is 15.6. The molecule has 118 valence electrons. The van der Waals surface area contributed by atoms with Crippen LogP contribution in [0, 0.1) is 6.92 Å². The number of aryl methyl sites for hydroxylation is 1. The standard InChI is InChI=1S/C21H29N/c1-15-14-17(21(5,6)7)10-13-19(15)22-18-11-8-16(9-12-18)20(2,3)4/h8-14,22H,1-7H3. The van der Waals surface area contributed by atoms with Crippen LogP contribution in [0.2, 0.25) is 0 Å². The van der Waals surface area contributed by atoms with Crippen molar-refractivity contribution in [1.29, 1.82) is 0 Å². The molecule has 0 unspecified atom stereocenters. The zero-order valence-corrected chi connectivity index (χ0v) is 15.0. The van der Waals surface area contributed by atoms with E-state index in [1.807, 2.05) is 0 Å². The lowest BCUT2D eigenvalue weighted by Crippen LogP contribution is -2.11. The van der Waals surface area contributed by atoms with Crippen LogP contribution in [0.4, 0.5) is 11.4 Å². The van der Waals surface area contributed by atoms with Gasteiger partial charge in [0.25, 0.3) is 0 Å². The molecule has 0 aromatic heterocycles. The van der Waals surface area contributed by atoms with E-state index in [9.17, 15) is 0 Å². The Morgan fingerprint density at radius 3 is 1.64 bits per heavy atom. The maximum absolute atomic E-state index is 3.53. The van der Waals surface area contributed by atoms with Crippen LogP contribution in [0.3, 0.4) is 0 Å². The van der Waals surface area contributed by atoms with Crippen molar-refractivity contribution in [3.05, 3.63) is 59.2 Å². The molecule has 1 heteroatoms. The Kier molecular flexibility index (Phi) is 4.37. The van der Waals surface area contributed by atoms with Gasteiger partial charge in [0, 0.05) is 11.4 Å². The number of anilines is 2. The predicted octanol–water partition coefficient (Wildman–Crippen LogP) is 6.33. The van der Waals surface area contributed by atoms with Gasteiger partial charge in [-0.1, -0.05) is 65.8 Å². The van der Waals surface area contributed by atoms with Gasteiger partial charge < -0.3 is 5.32 Å². The number of rotatable bonds is 2. The first kappa shape index (κ1) is 16.6. The molecule has 2 rings (SSSR count). The highest BCUT2D eigenvalue weighted by Crippen LogP contribution is 2.29. The van der Waals surface area contributed by atoms with E-state index in [1.54, 1.807) is 0 Å². The third-order valence-electron chi connectivity index (χ3n) is 4.12. The molecule has 0 fully saturated rings. The molecule has 0 aliphatic carbocycles. The highest BCUT2D eigenvalue weighted by atomic mass is 14.9. The van der Waals surface area contributed by atoms with Crippen LogP contribution in [-0.4, -0.2) is 0 Å². The zero-order chi connectivity index (χ0) is 16.5. The molecule has 0 radical (unpaired) electrons. The van der Waals surface area contributed by atoms with Gasteiger partial charge >= 0.3 is 0 Å². The smallest absolute Gasteiger partial charge is 0.0414 e. The number of hydrogen-bond donors (Lipinski definition) is 1. The molecule has 2 aromatic rings. The van der Waals surface area contributed by atoms with Gasteiger partial charge in [-0.25, -0.2) is 0 Å². The Labute approximate surface area is 135 Å². The summed E-state index contributed by atoms with van der Waals surface area (Å²) in [6, 6.07) is 15.4. The van der Waals surface area contributed by atoms with Crippen molar-refractivity contribution in [2.45, 2.75) is 59.3 Å². The van der Waals surface area contributed by atoms with Crippen molar-refractivity contribution in [3.8, 4) is 0 Å². The van der Waals surface area contributed by atoms with Gasteiger partial charge in [-0.3, -0.25) is 0 Å². The van der Waals surface area contributed by atoms with E-state index in [1.165, 1.54) is 22.4 Å². The first-order chi connectivity index (χ1) is 10.1. The minimum absolute atomic E-state index is 0.192. The molecule has 0 aliphatic heterocycles. The summed E-state index contributed by atoms with van der Waals surface area (Å²) in [4.78, 5) is 0. The summed E-state index contributed by atoms with van der Waals surface area (Å²) in [5, 5.41) is 3.53. The van der Waals surface area contributed by atoms with E-state index in [-0.39, 0.29) is 10.8 Å². The summed E-state index contributed by atoms with van der Waals surface area (Å²) in [7, 11) is 0.